The van der Waals surface area contributed by atoms with Crippen LogP contribution in [0.3, 0.4) is 0 Å². The zero-order chi connectivity index (χ0) is 14.8. The van der Waals surface area contributed by atoms with E-state index in [9.17, 15) is 9.59 Å². The average Bonchev–Trinajstić information content (AvgIpc) is 2.99. The van der Waals surface area contributed by atoms with Crippen LogP contribution in [-0.2, 0) is 20.9 Å². The van der Waals surface area contributed by atoms with Crippen LogP contribution >= 0.6 is 0 Å². The first-order valence-electron chi connectivity index (χ1n) is 7.24. The molecule has 1 aromatic carbocycles. The molecule has 2 fully saturated rings. The van der Waals surface area contributed by atoms with Crippen LogP contribution in [-0.4, -0.2) is 27.9 Å². The fourth-order valence-corrected chi connectivity index (χ4v) is 4.01. The zero-order valence-corrected chi connectivity index (χ0v) is 12.1. The Morgan fingerprint density at radius 3 is 2.05 bits per heavy atom. The Balaban J connectivity index is 1.69. The lowest BCUT2D eigenvalue weighted by Crippen LogP contribution is -2.39. The van der Waals surface area contributed by atoms with Gasteiger partial charge in [0.1, 0.15) is 0 Å². The highest BCUT2D eigenvalue weighted by Crippen LogP contribution is 2.57. The van der Waals surface area contributed by atoms with Gasteiger partial charge < -0.3 is 4.74 Å². The van der Waals surface area contributed by atoms with E-state index in [4.69, 9.17) is 4.74 Å². The van der Waals surface area contributed by atoms with Gasteiger partial charge in [-0.25, -0.2) is 0 Å². The van der Waals surface area contributed by atoms with Gasteiger partial charge in [-0.3, -0.25) is 14.5 Å². The number of carbonyl (C=O) groups excluding carboxylic acids is 2. The van der Waals surface area contributed by atoms with Crippen molar-refractivity contribution in [3.8, 4) is 0 Å². The number of likely N-dealkylation sites (tertiary alicyclic amines) is 1. The third kappa shape index (κ3) is 1.54. The van der Waals surface area contributed by atoms with E-state index in [-0.39, 0.29) is 23.7 Å². The maximum Gasteiger partial charge on any atom is 0.236 e. The zero-order valence-electron chi connectivity index (χ0n) is 12.1. The van der Waals surface area contributed by atoms with E-state index >= 15 is 0 Å². The van der Waals surface area contributed by atoms with E-state index in [1.54, 1.807) is 0 Å². The average molecular weight is 283 g/mol. The summed E-state index contributed by atoms with van der Waals surface area (Å²) in [5, 5.41) is 0. The number of imide groups is 1. The first-order valence-corrected chi connectivity index (χ1v) is 7.24. The summed E-state index contributed by atoms with van der Waals surface area (Å²) in [4.78, 5) is 26.9. The van der Waals surface area contributed by atoms with E-state index in [1.807, 2.05) is 56.3 Å². The van der Waals surface area contributed by atoms with Gasteiger partial charge >= 0.3 is 0 Å². The number of hydrogen-bond acceptors (Lipinski definition) is 3. The topological polar surface area (TPSA) is 46.6 Å². The first-order chi connectivity index (χ1) is 9.95. The summed E-state index contributed by atoms with van der Waals surface area (Å²) >= 11 is 0. The minimum Gasteiger partial charge on any atom is -0.359 e. The second-order valence-electron chi connectivity index (χ2n) is 6.51. The van der Waals surface area contributed by atoms with Gasteiger partial charge in [-0.2, -0.15) is 0 Å². The van der Waals surface area contributed by atoms with Gasteiger partial charge in [0.15, 0.2) is 0 Å². The van der Waals surface area contributed by atoms with Crippen LogP contribution in [0.2, 0.25) is 0 Å². The molecule has 3 aliphatic heterocycles. The molecular formula is C17H17NO3. The monoisotopic (exact) mass is 283 g/mol. The highest BCUT2D eigenvalue weighted by Gasteiger charge is 2.70. The lowest BCUT2D eigenvalue weighted by Gasteiger charge is -2.25. The molecule has 0 radical (unpaired) electrons. The summed E-state index contributed by atoms with van der Waals surface area (Å²) < 4.78 is 5.97. The highest BCUT2D eigenvalue weighted by molar-refractivity contribution is 6.07. The van der Waals surface area contributed by atoms with Crippen LogP contribution in [0.15, 0.2) is 42.5 Å². The van der Waals surface area contributed by atoms with E-state index in [2.05, 4.69) is 0 Å². The smallest absolute Gasteiger partial charge is 0.236 e. The number of ether oxygens (including phenoxy) is 1. The fourth-order valence-electron chi connectivity index (χ4n) is 4.01. The van der Waals surface area contributed by atoms with E-state index in [0.29, 0.717) is 6.54 Å². The number of hydrogen-bond donors (Lipinski definition) is 0. The lowest BCUT2D eigenvalue weighted by atomic mass is 9.73. The van der Waals surface area contributed by atoms with Crippen molar-refractivity contribution in [2.45, 2.75) is 31.6 Å². The summed E-state index contributed by atoms with van der Waals surface area (Å²) in [6, 6.07) is 9.62. The SMILES string of the molecule is C[C@]12C=C[C@@](C)(O1)[C@H]1C(=O)N(Cc3ccccc3)C(=O)[C@H]12. The van der Waals surface area contributed by atoms with Crippen molar-refractivity contribution >= 4 is 11.8 Å². The van der Waals surface area contributed by atoms with E-state index in [1.165, 1.54) is 4.90 Å². The Morgan fingerprint density at radius 2 is 1.52 bits per heavy atom. The van der Waals surface area contributed by atoms with Crippen LogP contribution in [0.4, 0.5) is 0 Å². The second-order valence-corrected chi connectivity index (χ2v) is 6.51. The summed E-state index contributed by atoms with van der Waals surface area (Å²) in [5.74, 6) is -0.985. The summed E-state index contributed by atoms with van der Waals surface area (Å²) in [6.07, 6.45) is 3.87. The summed E-state index contributed by atoms with van der Waals surface area (Å²) in [5.41, 5.74) is -0.314. The maximum atomic E-state index is 12.7. The third-order valence-electron chi connectivity index (χ3n) is 5.00. The molecule has 2 bridgehead atoms. The Morgan fingerprint density at radius 1 is 1.00 bits per heavy atom. The molecule has 0 aromatic heterocycles. The first kappa shape index (κ1) is 12.8. The highest BCUT2D eigenvalue weighted by atomic mass is 16.5. The van der Waals surface area contributed by atoms with Crippen molar-refractivity contribution in [1.82, 2.24) is 4.90 Å². The quantitative estimate of drug-likeness (QED) is 0.615. The van der Waals surface area contributed by atoms with Gasteiger partial charge in [0.05, 0.1) is 29.6 Å². The largest absolute Gasteiger partial charge is 0.359 e. The minimum absolute atomic E-state index is 0.107. The normalized spacial score (nSPS) is 40.2. The van der Waals surface area contributed by atoms with Crippen LogP contribution < -0.4 is 0 Å². The molecular weight excluding hydrogens is 266 g/mol. The van der Waals surface area contributed by atoms with Gasteiger partial charge in [0.2, 0.25) is 11.8 Å². The van der Waals surface area contributed by atoms with Crippen LogP contribution in [0.25, 0.3) is 0 Å². The molecule has 4 nitrogen and oxygen atoms in total. The van der Waals surface area contributed by atoms with Crippen molar-refractivity contribution in [3.05, 3.63) is 48.0 Å². The molecule has 0 N–H and O–H groups in total. The number of nitrogens with zero attached hydrogens (tertiary/aromatic N) is 1. The number of amides is 2. The Labute approximate surface area is 123 Å². The Hall–Kier alpha value is -1.94. The number of fused-ring (bicyclic) bond motifs is 5. The van der Waals surface area contributed by atoms with Crippen LogP contribution in [0.1, 0.15) is 19.4 Å². The molecule has 0 spiro atoms. The Bertz CT molecular complexity index is 632. The van der Waals surface area contributed by atoms with Gasteiger partial charge in [-0.15, -0.1) is 0 Å². The number of rotatable bonds is 2. The van der Waals surface area contributed by atoms with Gasteiger partial charge in [0.25, 0.3) is 0 Å². The lowest BCUT2D eigenvalue weighted by molar-refractivity contribution is -0.146. The molecule has 2 amide bonds. The molecule has 0 aliphatic carbocycles. The predicted octanol–water partition coefficient (Wildman–Crippen LogP) is 1.91. The fraction of sp³-hybridized carbons (Fsp3) is 0.412. The second kappa shape index (κ2) is 3.83. The van der Waals surface area contributed by atoms with Crippen LogP contribution in [0, 0.1) is 11.8 Å². The predicted molar refractivity (Wildman–Crippen MR) is 76.0 cm³/mol. The van der Waals surface area contributed by atoms with Crippen molar-refractivity contribution in [2.75, 3.05) is 0 Å². The molecule has 4 rings (SSSR count). The van der Waals surface area contributed by atoms with Crippen molar-refractivity contribution in [1.29, 1.82) is 0 Å². The van der Waals surface area contributed by atoms with Crippen molar-refractivity contribution < 1.29 is 14.3 Å². The molecule has 4 heteroatoms. The molecule has 108 valence electrons. The molecule has 1 aromatic rings. The van der Waals surface area contributed by atoms with Gasteiger partial charge in [-0.05, 0) is 19.4 Å². The minimum atomic E-state index is -0.641. The van der Waals surface area contributed by atoms with Crippen molar-refractivity contribution in [3.63, 3.8) is 0 Å². The molecule has 0 unspecified atom stereocenters. The van der Waals surface area contributed by atoms with Gasteiger partial charge in [-0.1, -0.05) is 42.5 Å². The standard InChI is InChI=1S/C17H17NO3/c1-16-8-9-17(2,21-16)13-12(16)14(19)18(15(13)20)10-11-6-4-3-5-7-11/h3-9,12-13H,10H2,1-2H3/t12-,13+,16-,17-/m1/s1. The maximum absolute atomic E-state index is 12.7. The van der Waals surface area contributed by atoms with E-state index in [0.717, 1.165) is 5.56 Å². The molecule has 2 saturated heterocycles. The molecule has 3 aliphatic rings. The number of carbonyl (C=O) groups is 2. The molecule has 4 atom stereocenters. The molecule has 21 heavy (non-hydrogen) atoms. The summed E-state index contributed by atoms with van der Waals surface area (Å²) in [6.45, 7) is 4.14. The molecule has 0 saturated carbocycles. The third-order valence-corrected chi connectivity index (χ3v) is 5.00. The van der Waals surface area contributed by atoms with Crippen LogP contribution in [0.5, 0.6) is 0 Å². The number of benzene rings is 1. The van der Waals surface area contributed by atoms with Gasteiger partial charge in [0, 0.05) is 0 Å². The Kier molecular flexibility index (Phi) is 2.33. The van der Waals surface area contributed by atoms with E-state index < -0.39 is 11.2 Å². The summed E-state index contributed by atoms with van der Waals surface area (Å²) in [7, 11) is 0. The molecule has 3 heterocycles. The van der Waals surface area contributed by atoms with Crippen molar-refractivity contribution in [2.24, 2.45) is 11.8 Å².